The smallest absolute Gasteiger partial charge is 0.309 e. The molecule has 1 aromatic carbocycles. The van der Waals surface area contributed by atoms with E-state index in [1.54, 1.807) is 0 Å². The summed E-state index contributed by atoms with van der Waals surface area (Å²) in [6.07, 6.45) is 2.85. The van der Waals surface area contributed by atoms with Crippen LogP contribution in [0.5, 0.6) is 5.75 Å². The topological polar surface area (TPSA) is 70.7 Å². The van der Waals surface area contributed by atoms with Gasteiger partial charge in [0.05, 0.1) is 12.6 Å². The number of rotatable bonds is 5. The van der Waals surface area contributed by atoms with Gasteiger partial charge in [0.15, 0.2) is 0 Å². The zero-order valence-electron chi connectivity index (χ0n) is 13.6. The van der Waals surface area contributed by atoms with Crippen LogP contribution >= 0.6 is 0 Å². The Bertz CT molecular complexity index is 611. The van der Waals surface area contributed by atoms with Crippen molar-refractivity contribution >= 4 is 11.8 Å². The lowest BCUT2D eigenvalue weighted by Crippen LogP contribution is -2.43. The first-order chi connectivity index (χ1) is 11.0. The van der Waals surface area contributed by atoms with Crippen molar-refractivity contribution in [2.45, 2.75) is 31.3 Å². The molecule has 124 valence electrons. The van der Waals surface area contributed by atoms with Gasteiger partial charge in [-0.25, -0.2) is 0 Å². The number of fused-ring (bicyclic) bond motifs is 1. The summed E-state index contributed by atoms with van der Waals surface area (Å²) in [5, 5.41) is 5.44. The van der Waals surface area contributed by atoms with E-state index in [2.05, 4.69) is 16.7 Å². The Morgan fingerprint density at radius 3 is 2.78 bits per heavy atom. The van der Waals surface area contributed by atoms with Crippen molar-refractivity contribution < 1.29 is 14.3 Å². The van der Waals surface area contributed by atoms with Gasteiger partial charge in [0, 0.05) is 19.0 Å². The highest BCUT2D eigenvalue weighted by molar-refractivity contribution is 6.35. The molecular formula is C17H23N3O3. The number of nitrogens with one attached hydrogen (secondary N) is 2. The molecular weight excluding hydrogens is 294 g/mol. The second-order valence-electron chi connectivity index (χ2n) is 6.40. The lowest BCUT2D eigenvalue weighted by molar-refractivity contribution is -0.139. The number of benzene rings is 1. The Morgan fingerprint density at radius 2 is 2.09 bits per heavy atom. The Balaban J connectivity index is 1.62. The molecule has 3 rings (SSSR count). The molecule has 6 nitrogen and oxygen atoms in total. The van der Waals surface area contributed by atoms with Gasteiger partial charge in [-0.3, -0.25) is 9.59 Å². The van der Waals surface area contributed by atoms with E-state index < -0.39 is 11.8 Å². The second kappa shape index (κ2) is 6.58. The fourth-order valence-electron chi connectivity index (χ4n) is 2.76. The normalized spacial score (nSPS) is 17.3. The lowest BCUT2D eigenvalue weighted by atomic mass is 10.0. The van der Waals surface area contributed by atoms with Gasteiger partial charge in [0.2, 0.25) is 0 Å². The van der Waals surface area contributed by atoms with Crippen molar-refractivity contribution in [1.82, 2.24) is 15.5 Å². The van der Waals surface area contributed by atoms with Crippen LogP contribution in [0.3, 0.4) is 0 Å². The molecule has 2 amide bonds. The van der Waals surface area contributed by atoms with E-state index in [0.29, 0.717) is 6.54 Å². The fraction of sp³-hybridized carbons (Fsp3) is 0.529. The van der Waals surface area contributed by atoms with E-state index >= 15 is 0 Å². The highest BCUT2D eigenvalue weighted by Crippen LogP contribution is 2.29. The van der Waals surface area contributed by atoms with Gasteiger partial charge in [-0.2, -0.15) is 0 Å². The van der Waals surface area contributed by atoms with E-state index in [1.165, 1.54) is 5.56 Å². The number of nitrogens with zero attached hydrogens (tertiary/aromatic N) is 1. The number of carbonyl (C=O) groups is 2. The number of carbonyl (C=O) groups excluding carboxylic acids is 2. The molecule has 23 heavy (non-hydrogen) atoms. The van der Waals surface area contributed by atoms with Gasteiger partial charge in [0.1, 0.15) is 5.75 Å². The summed E-state index contributed by atoms with van der Waals surface area (Å²) in [5.74, 6) is -0.153. The SMILES string of the molecule is CN(C)C(CNC(=O)C(=O)NC1CC1)c1ccc2c(c1)CCO2. The molecule has 0 bridgehead atoms. The first kappa shape index (κ1) is 15.8. The van der Waals surface area contributed by atoms with Gasteiger partial charge < -0.3 is 20.3 Å². The minimum absolute atomic E-state index is 0.0126. The number of likely N-dealkylation sites (N-methyl/N-ethyl adjacent to an activating group) is 1. The van der Waals surface area contributed by atoms with Crippen molar-refractivity contribution in [3.05, 3.63) is 29.3 Å². The molecule has 1 fully saturated rings. The molecule has 0 spiro atoms. The third-order valence-electron chi connectivity index (χ3n) is 4.30. The first-order valence-corrected chi connectivity index (χ1v) is 8.05. The quantitative estimate of drug-likeness (QED) is 0.781. The summed E-state index contributed by atoms with van der Waals surface area (Å²) < 4.78 is 5.53. The Labute approximate surface area is 136 Å². The van der Waals surface area contributed by atoms with Crippen molar-refractivity contribution in [2.24, 2.45) is 0 Å². The van der Waals surface area contributed by atoms with Crippen LogP contribution in [0.4, 0.5) is 0 Å². The molecule has 0 radical (unpaired) electrons. The Hall–Kier alpha value is -2.08. The van der Waals surface area contributed by atoms with Crippen LogP contribution in [0, 0.1) is 0 Å². The Kier molecular flexibility index (Phi) is 4.52. The van der Waals surface area contributed by atoms with Gasteiger partial charge in [-0.15, -0.1) is 0 Å². The van der Waals surface area contributed by atoms with Gasteiger partial charge >= 0.3 is 11.8 Å². The molecule has 1 heterocycles. The van der Waals surface area contributed by atoms with Crippen LogP contribution in [0.2, 0.25) is 0 Å². The maximum Gasteiger partial charge on any atom is 0.309 e. The molecule has 0 saturated heterocycles. The molecule has 1 saturated carbocycles. The fourth-order valence-corrected chi connectivity index (χ4v) is 2.76. The van der Waals surface area contributed by atoms with Gasteiger partial charge in [0.25, 0.3) is 0 Å². The van der Waals surface area contributed by atoms with Crippen molar-refractivity contribution in [2.75, 3.05) is 27.2 Å². The summed E-state index contributed by atoms with van der Waals surface area (Å²) in [6, 6.07) is 6.33. The molecule has 1 aliphatic heterocycles. The number of amides is 2. The van der Waals surface area contributed by atoms with Gasteiger partial charge in [-0.1, -0.05) is 12.1 Å². The monoisotopic (exact) mass is 317 g/mol. The first-order valence-electron chi connectivity index (χ1n) is 8.05. The van der Waals surface area contributed by atoms with Crippen molar-refractivity contribution in [3.63, 3.8) is 0 Å². The predicted molar refractivity (Wildman–Crippen MR) is 86.2 cm³/mol. The van der Waals surface area contributed by atoms with Crippen LogP contribution in [0.15, 0.2) is 18.2 Å². The molecule has 1 aliphatic carbocycles. The van der Waals surface area contributed by atoms with E-state index in [0.717, 1.165) is 37.2 Å². The summed E-state index contributed by atoms with van der Waals surface area (Å²) >= 11 is 0. The summed E-state index contributed by atoms with van der Waals surface area (Å²) in [4.78, 5) is 25.6. The van der Waals surface area contributed by atoms with E-state index in [9.17, 15) is 9.59 Å². The van der Waals surface area contributed by atoms with E-state index in [4.69, 9.17) is 4.74 Å². The number of hydrogen-bond donors (Lipinski definition) is 2. The summed E-state index contributed by atoms with van der Waals surface area (Å²) in [6.45, 7) is 1.12. The highest BCUT2D eigenvalue weighted by Gasteiger charge is 2.27. The predicted octanol–water partition coefficient (Wildman–Crippen LogP) is 0.619. The molecule has 0 aromatic heterocycles. The zero-order chi connectivity index (χ0) is 16.4. The van der Waals surface area contributed by atoms with Crippen molar-refractivity contribution in [1.29, 1.82) is 0 Å². The molecule has 2 aliphatic rings. The maximum absolute atomic E-state index is 11.9. The highest BCUT2D eigenvalue weighted by atomic mass is 16.5. The number of ether oxygens (including phenoxy) is 1. The maximum atomic E-state index is 11.9. The van der Waals surface area contributed by atoms with E-state index in [-0.39, 0.29) is 12.1 Å². The number of hydrogen-bond acceptors (Lipinski definition) is 4. The van der Waals surface area contributed by atoms with Crippen molar-refractivity contribution in [3.8, 4) is 5.75 Å². The summed E-state index contributed by atoms with van der Waals surface area (Å²) in [5.41, 5.74) is 2.31. The third-order valence-corrected chi connectivity index (χ3v) is 4.30. The van der Waals surface area contributed by atoms with Crippen LogP contribution in [-0.4, -0.2) is 50.0 Å². The van der Waals surface area contributed by atoms with Gasteiger partial charge in [-0.05, 0) is 44.1 Å². The van der Waals surface area contributed by atoms with E-state index in [1.807, 2.05) is 31.1 Å². The van der Waals surface area contributed by atoms with Crippen LogP contribution in [-0.2, 0) is 16.0 Å². The minimum atomic E-state index is -0.562. The Morgan fingerprint density at radius 1 is 1.30 bits per heavy atom. The third kappa shape index (κ3) is 3.82. The van der Waals surface area contributed by atoms with Crippen LogP contribution in [0.25, 0.3) is 0 Å². The zero-order valence-corrected chi connectivity index (χ0v) is 13.6. The second-order valence-corrected chi connectivity index (χ2v) is 6.40. The average molecular weight is 317 g/mol. The van der Waals surface area contributed by atoms with Crippen LogP contribution in [0.1, 0.15) is 30.0 Å². The molecule has 1 aromatic rings. The lowest BCUT2D eigenvalue weighted by Gasteiger charge is -2.25. The largest absolute Gasteiger partial charge is 0.493 e. The minimum Gasteiger partial charge on any atom is -0.493 e. The molecule has 1 unspecified atom stereocenters. The standard InChI is InChI=1S/C17H23N3O3/c1-20(2)14(10-18-16(21)17(22)19-13-4-5-13)11-3-6-15-12(9-11)7-8-23-15/h3,6,9,13-14H,4-5,7-8,10H2,1-2H3,(H,18,21)(H,19,22). The van der Waals surface area contributed by atoms with Crippen LogP contribution < -0.4 is 15.4 Å². The summed E-state index contributed by atoms with van der Waals surface area (Å²) in [7, 11) is 3.93. The molecule has 1 atom stereocenters. The molecule has 6 heteroatoms. The molecule has 2 N–H and O–H groups in total. The average Bonchev–Trinajstić information content (AvgIpc) is 3.21.